The summed E-state index contributed by atoms with van der Waals surface area (Å²) in [6.45, 7) is 2.23. The quantitative estimate of drug-likeness (QED) is 0.688. The lowest BCUT2D eigenvalue weighted by Crippen LogP contribution is -2.34. The molecule has 0 aliphatic carbocycles. The van der Waals surface area contributed by atoms with Gasteiger partial charge < -0.3 is 19.9 Å². The maximum atomic E-state index is 10.3. The Labute approximate surface area is 156 Å². The van der Waals surface area contributed by atoms with Gasteiger partial charge in [-0.05, 0) is 30.4 Å². The topological polar surface area (TPSA) is 50.7 Å². The van der Waals surface area contributed by atoms with Crippen LogP contribution in [0, 0.1) is 0 Å². The summed E-state index contributed by atoms with van der Waals surface area (Å²) in [6, 6.07) is 21.0. The third kappa shape index (κ3) is 6.22. The molecule has 140 valence electrons. The van der Waals surface area contributed by atoms with Crippen LogP contribution in [-0.2, 0) is 15.9 Å². The van der Waals surface area contributed by atoms with E-state index in [4.69, 9.17) is 9.47 Å². The van der Waals surface area contributed by atoms with E-state index in [2.05, 4.69) is 53.8 Å². The van der Waals surface area contributed by atoms with Crippen LogP contribution < -0.4 is 5.32 Å². The van der Waals surface area contributed by atoms with Crippen LogP contribution in [0.4, 0.5) is 0 Å². The van der Waals surface area contributed by atoms with E-state index in [1.54, 1.807) is 0 Å². The lowest BCUT2D eigenvalue weighted by molar-refractivity contribution is -0.0169. The average Bonchev–Trinajstić information content (AvgIpc) is 3.20. The molecule has 0 saturated carbocycles. The first-order chi connectivity index (χ1) is 12.8. The molecule has 1 fully saturated rings. The molecular formula is C22H29NO3. The second kappa shape index (κ2) is 10.4. The summed E-state index contributed by atoms with van der Waals surface area (Å²) in [6.07, 6.45) is 2.72. The SMILES string of the molecule is OC(CNC(Cc1ccccc1)c1ccccc1)COCC1CCCO1. The summed E-state index contributed by atoms with van der Waals surface area (Å²) in [4.78, 5) is 0. The Morgan fingerprint density at radius 1 is 1.08 bits per heavy atom. The smallest absolute Gasteiger partial charge is 0.0897 e. The monoisotopic (exact) mass is 355 g/mol. The molecule has 0 aromatic heterocycles. The molecule has 26 heavy (non-hydrogen) atoms. The number of benzene rings is 2. The maximum Gasteiger partial charge on any atom is 0.0897 e. The van der Waals surface area contributed by atoms with Crippen molar-refractivity contribution in [3.63, 3.8) is 0 Å². The minimum atomic E-state index is -0.529. The molecular weight excluding hydrogens is 326 g/mol. The lowest BCUT2D eigenvalue weighted by atomic mass is 9.98. The van der Waals surface area contributed by atoms with E-state index in [0.717, 1.165) is 25.9 Å². The summed E-state index contributed by atoms with van der Waals surface area (Å²) < 4.78 is 11.2. The van der Waals surface area contributed by atoms with Crippen LogP contribution in [0.3, 0.4) is 0 Å². The van der Waals surface area contributed by atoms with E-state index < -0.39 is 6.10 Å². The lowest BCUT2D eigenvalue weighted by Gasteiger charge is -2.22. The Hall–Kier alpha value is -1.72. The Bertz CT molecular complexity index is 614. The fourth-order valence-corrected chi connectivity index (χ4v) is 3.29. The van der Waals surface area contributed by atoms with Gasteiger partial charge in [0.2, 0.25) is 0 Å². The third-order valence-corrected chi connectivity index (χ3v) is 4.72. The van der Waals surface area contributed by atoms with Gasteiger partial charge in [0.05, 0.1) is 25.4 Å². The van der Waals surface area contributed by atoms with Crippen molar-refractivity contribution in [3.05, 3.63) is 71.8 Å². The second-order valence-corrected chi connectivity index (χ2v) is 6.89. The van der Waals surface area contributed by atoms with E-state index in [-0.39, 0.29) is 12.1 Å². The summed E-state index contributed by atoms with van der Waals surface area (Å²) in [7, 11) is 0. The summed E-state index contributed by atoms with van der Waals surface area (Å²) in [5.74, 6) is 0. The van der Waals surface area contributed by atoms with Crippen LogP contribution >= 0.6 is 0 Å². The van der Waals surface area contributed by atoms with Gasteiger partial charge in [-0.2, -0.15) is 0 Å². The number of rotatable bonds is 10. The first kappa shape index (κ1) is 19.1. The zero-order valence-electron chi connectivity index (χ0n) is 15.2. The first-order valence-electron chi connectivity index (χ1n) is 9.51. The van der Waals surface area contributed by atoms with Crippen molar-refractivity contribution in [2.45, 2.75) is 37.5 Å². The highest BCUT2D eigenvalue weighted by molar-refractivity contribution is 5.23. The van der Waals surface area contributed by atoms with Crippen molar-refractivity contribution in [1.29, 1.82) is 0 Å². The highest BCUT2D eigenvalue weighted by atomic mass is 16.5. The number of hydrogen-bond donors (Lipinski definition) is 2. The van der Waals surface area contributed by atoms with Gasteiger partial charge in [-0.3, -0.25) is 0 Å². The van der Waals surface area contributed by atoms with E-state index in [1.165, 1.54) is 11.1 Å². The summed E-state index contributed by atoms with van der Waals surface area (Å²) in [5.41, 5.74) is 2.50. The van der Waals surface area contributed by atoms with Gasteiger partial charge in [-0.25, -0.2) is 0 Å². The van der Waals surface area contributed by atoms with Gasteiger partial charge in [-0.15, -0.1) is 0 Å². The Morgan fingerprint density at radius 3 is 2.50 bits per heavy atom. The molecule has 0 amide bonds. The largest absolute Gasteiger partial charge is 0.389 e. The van der Waals surface area contributed by atoms with E-state index in [9.17, 15) is 5.11 Å². The highest BCUT2D eigenvalue weighted by Crippen LogP contribution is 2.18. The van der Waals surface area contributed by atoms with Gasteiger partial charge in [0, 0.05) is 19.2 Å². The van der Waals surface area contributed by atoms with Crippen molar-refractivity contribution >= 4 is 0 Å². The van der Waals surface area contributed by atoms with Gasteiger partial charge in [-0.1, -0.05) is 60.7 Å². The molecule has 1 heterocycles. The van der Waals surface area contributed by atoms with Crippen LogP contribution in [0.2, 0.25) is 0 Å². The van der Waals surface area contributed by atoms with Gasteiger partial charge in [0.25, 0.3) is 0 Å². The molecule has 1 aliphatic rings. The molecule has 2 aromatic carbocycles. The van der Waals surface area contributed by atoms with Crippen molar-refractivity contribution in [3.8, 4) is 0 Å². The number of nitrogens with one attached hydrogen (secondary N) is 1. The molecule has 3 atom stereocenters. The minimum Gasteiger partial charge on any atom is -0.389 e. The average molecular weight is 355 g/mol. The molecule has 4 nitrogen and oxygen atoms in total. The summed E-state index contributed by atoms with van der Waals surface area (Å²) in [5, 5.41) is 13.8. The maximum absolute atomic E-state index is 10.3. The van der Waals surface area contributed by atoms with Crippen LogP contribution in [-0.4, -0.2) is 43.7 Å². The van der Waals surface area contributed by atoms with Crippen LogP contribution in [0.5, 0.6) is 0 Å². The number of aliphatic hydroxyl groups is 1. The Balaban J connectivity index is 1.48. The predicted molar refractivity (Wildman–Crippen MR) is 103 cm³/mol. The van der Waals surface area contributed by atoms with Gasteiger partial charge >= 0.3 is 0 Å². The molecule has 3 unspecified atom stereocenters. The molecule has 1 saturated heterocycles. The van der Waals surface area contributed by atoms with Crippen molar-refractivity contribution in [2.75, 3.05) is 26.4 Å². The summed E-state index contributed by atoms with van der Waals surface area (Å²) >= 11 is 0. The van der Waals surface area contributed by atoms with Gasteiger partial charge in [0.15, 0.2) is 0 Å². The first-order valence-corrected chi connectivity index (χ1v) is 9.51. The van der Waals surface area contributed by atoms with Crippen molar-refractivity contribution in [1.82, 2.24) is 5.32 Å². The molecule has 0 spiro atoms. The minimum absolute atomic E-state index is 0.159. The Kier molecular flexibility index (Phi) is 7.65. The van der Waals surface area contributed by atoms with E-state index in [1.807, 2.05) is 12.1 Å². The number of ether oxygens (including phenoxy) is 2. The molecule has 2 aromatic rings. The standard InChI is InChI=1S/C22H29NO3/c24-20(16-25-17-21-12-7-13-26-21)15-23-22(19-10-5-2-6-11-19)14-18-8-3-1-4-9-18/h1-6,8-11,20-24H,7,12-17H2. The van der Waals surface area contributed by atoms with Crippen LogP contribution in [0.25, 0.3) is 0 Å². The predicted octanol–water partition coefficient (Wildman–Crippen LogP) is 3.12. The fourth-order valence-electron chi connectivity index (χ4n) is 3.29. The second-order valence-electron chi connectivity index (χ2n) is 6.89. The Morgan fingerprint density at radius 2 is 1.81 bits per heavy atom. The van der Waals surface area contributed by atoms with Crippen LogP contribution in [0.15, 0.2) is 60.7 Å². The van der Waals surface area contributed by atoms with E-state index in [0.29, 0.717) is 19.8 Å². The highest BCUT2D eigenvalue weighted by Gasteiger charge is 2.17. The number of hydrogen-bond acceptors (Lipinski definition) is 4. The zero-order chi connectivity index (χ0) is 18.0. The van der Waals surface area contributed by atoms with Crippen LogP contribution in [0.1, 0.15) is 30.0 Å². The molecule has 0 radical (unpaired) electrons. The van der Waals surface area contributed by atoms with Gasteiger partial charge in [0.1, 0.15) is 0 Å². The molecule has 2 N–H and O–H groups in total. The molecule has 1 aliphatic heterocycles. The van der Waals surface area contributed by atoms with Crippen molar-refractivity contribution in [2.24, 2.45) is 0 Å². The normalized spacial score (nSPS) is 19.3. The number of aliphatic hydroxyl groups excluding tert-OH is 1. The molecule has 4 heteroatoms. The third-order valence-electron chi connectivity index (χ3n) is 4.72. The van der Waals surface area contributed by atoms with E-state index >= 15 is 0 Å². The molecule has 0 bridgehead atoms. The van der Waals surface area contributed by atoms with Crippen molar-refractivity contribution < 1.29 is 14.6 Å². The molecule has 3 rings (SSSR count). The zero-order valence-corrected chi connectivity index (χ0v) is 15.2. The fraction of sp³-hybridized carbons (Fsp3) is 0.455.